The van der Waals surface area contributed by atoms with Crippen molar-refractivity contribution in [2.24, 2.45) is 5.73 Å². The molecule has 1 heterocycles. The van der Waals surface area contributed by atoms with Crippen molar-refractivity contribution in [1.29, 1.82) is 0 Å². The second-order valence-electron chi connectivity index (χ2n) is 4.20. The summed E-state index contributed by atoms with van der Waals surface area (Å²) in [6.07, 6.45) is 0.0990. The van der Waals surface area contributed by atoms with Gasteiger partial charge < -0.3 is 15.7 Å². The van der Waals surface area contributed by atoms with Crippen LogP contribution in [0.15, 0.2) is 18.2 Å². The van der Waals surface area contributed by atoms with Crippen molar-refractivity contribution in [3.63, 3.8) is 0 Å². The molecule has 1 amide bonds. The Kier molecular flexibility index (Phi) is 3.17. The highest BCUT2D eigenvalue weighted by atomic mass is 16.6. The van der Waals surface area contributed by atoms with Gasteiger partial charge in [-0.2, -0.15) is 0 Å². The van der Waals surface area contributed by atoms with Crippen LogP contribution in [-0.2, 0) is 4.79 Å². The third kappa shape index (κ3) is 2.25. The average molecular weight is 265 g/mol. The van der Waals surface area contributed by atoms with Crippen LogP contribution in [0.25, 0.3) is 0 Å². The van der Waals surface area contributed by atoms with Gasteiger partial charge in [-0.15, -0.1) is 0 Å². The van der Waals surface area contributed by atoms with E-state index >= 15 is 0 Å². The smallest absolute Gasteiger partial charge is 0.344 e. The number of hydrogen-bond acceptors (Lipinski definition) is 5. The largest absolute Gasteiger partial charge is 0.477 e. The molecule has 1 unspecified atom stereocenters. The van der Waals surface area contributed by atoms with Gasteiger partial charge >= 0.3 is 5.97 Å². The molecule has 0 aromatic heterocycles. The van der Waals surface area contributed by atoms with Gasteiger partial charge in [0.25, 0.3) is 5.69 Å². The lowest BCUT2D eigenvalue weighted by Crippen LogP contribution is -2.29. The van der Waals surface area contributed by atoms with E-state index in [-0.39, 0.29) is 24.6 Å². The van der Waals surface area contributed by atoms with E-state index in [0.717, 1.165) is 6.07 Å². The van der Waals surface area contributed by atoms with Crippen LogP contribution in [0.3, 0.4) is 0 Å². The van der Waals surface area contributed by atoms with Crippen molar-refractivity contribution in [2.45, 2.75) is 12.5 Å². The van der Waals surface area contributed by atoms with Gasteiger partial charge in [-0.3, -0.25) is 14.9 Å². The minimum absolute atomic E-state index is 0.0136. The molecule has 1 aliphatic rings. The first-order chi connectivity index (χ1) is 8.91. The number of nitro groups is 1. The molecule has 0 radical (unpaired) electrons. The summed E-state index contributed by atoms with van der Waals surface area (Å²) in [7, 11) is 0. The van der Waals surface area contributed by atoms with Gasteiger partial charge in [0.05, 0.1) is 10.6 Å². The van der Waals surface area contributed by atoms with E-state index in [0.29, 0.717) is 0 Å². The fourth-order valence-electron chi connectivity index (χ4n) is 2.09. The summed E-state index contributed by atoms with van der Waals surface area (Å²) in [6, 6.07) is 3.41. The maximum Gasteiger partial charge on any atom is 0.344 e. The van der Waals surface area contributed by atoms with E-state index in [9.17, 15) is 19.7 Å². The predicted octanol–water partition coefficient (Wildman–Crippen LogP) is 0.357. The van der Waals surface area contributed by atoms with E-state index in [1.807, 2.05) is 0 Å². The molecule has 1 aromatic rings. The molecular weight excluding hydrogens is 254 g/mol. The van der Waals surface area contributed by atoms with Crippen molar-refractivity contribution < 1.29 is 19.6 Å². The Balaban J connectivity index is 2.57. The normalized spacial score (nSPS) is 18.7. The Labute approximate surface area is 107 Å². The van der Waals surface area contributed by atoms with Gasteiger partial charge in [0.15, 0.2) is 5.56 Å². The number of benzene rings is 1. The second kappa shape index (κ2) is 4.65. The molecule has 1 atom stereocenters. The highest BCUT2D eigenvalue weighted by molar-refractivity contribution is 6.05. The number of carbonyl (C=O) groups excluding carboxylic acids is 1. The zero-order chi connectivity index (χ0) is 14.2. The molecule has 1 fully saturated rings. The van der Waals surface area contributed by atoms with Crippen LogP contribution in [0.4, 0.5) is 11.4 Å². The predicted molar refractivity (Wildman–Crippen MR) is 65.0 cm³/mol. The Morgan fingerprint density at radius 2 is 2.21 bits per heavy atom. The number of hydrogen-bond donors (Lipinski definition) is 2. The van der Waals surface area contributed by atoms with E-state index in [1.54, 1.807) is 0 Å². The molecule has 100 valence electrons. The highest BCUT2D eigenvalue weighted by Crippen LogP contribution is 2.31. The second-order valence-corrected chi connectivity index (χ2v) is 4.20. The SMILES string of the molecule is NC1CC(=O)N(c2cccc([N+](=O)[O-])c2C(=O)O)C1. The average Bonchev–Trinajstić information content (AvgIpc) is 2.67. The minimum atomic E-state index is -1.45. The first-order valence-corrected chi connectivity index (χ1v) is 5.48. The molecule has 1 aliphatic heterocycles. The molecule has 1 aromatic carbocycles. The molecule has 0 saturated carbocycles. The van der Waals surface area contributed by atoms with Gasteiger partial charge in [-0.25, -0.2) is 4.79 Å². The van der Waals surface area contributed by atoms with Gasteiger partial charge in [0.1, 0.15) is 0 Å². The molecule has 1 saturated heterocycles. The lowest BCUT2D eigenvalue weighted by Gasteiger charge is -2.18. The van der Waals surface area contributed by atoms with E-state index in [4.69, 9.17) is 10.8 Å². The topological polar surface area (TPSA) is 127 Å². The van der Waals surface area contributed by atoms with Crippen LogP contribution in [0.1, 0.15) is 16.8 Å². The molecule has 0 spiro atoms. The summed E-state index contributed by atoms with van der Waals surface area (Å²) in [6.45, 7) is 0.153. The van der Waals surface area contributed by atoms with Crippen molar-refractivity contribution >= 4 is 23.3 Å². The zero-order valence-corrected chi connectivity index (χ0v) is 9.78. The van der Waals surface area contributed by atoms with Crippen molar-refractivity contribution in [1.82, 2.24) is 0 Å². The third-order valence-corrected chi connectivity index (χ3v) is 2.88. The quantitative estimate of drug-likeness (QED) is 0.600. The fraction of sp³-hybridized carbons (Fsp3) is 0.273. The summed E-state index contributed by atoms with van der Waals surface area (Å²) in [5.41, 5.74) is 4.61. The summed E-state index contributed by atoms with van der Waals surface area (Å²) in [4.78, 5) is 34.2. The Morgan fingerprint density at radius 1 is 1.53 bits per heavy atom. The lowest BCUT2D eigenvalue weighted by atomic mass is 10.1. The Bertz CT molecular complexity index is 571. The maximum absolute atomic E-state index is 11.7. The number of nitrogens with zero attached hydrogens (tertiary/aromatic N) is 2. The molecule has 8 nitrogen and oxygen atoms in total. The van der Waals surface area contributed by atoms with Gasteiger partial charge in [-0.05, 0) is 6.07 Å². The molecule has 0 bridgehead atoms. The van der Waals surface area contributed by atoms with Gasteiger partial charge in [0.2, 0.25) is 5.91 Å². The summed E-state index contributed by atoms with van der Waals surface area (Å²) in [5.74, 6) is -1.79. The number of carboxylic acids is 1. The summed E-state index contributed by atoms with van der Waals surface area (Å²) in [5, 5.41) is 20.0. The van der Waals surface area contributed by atoms with Gasteiger partial charge in [0, 0.05) is 25.1 Å². The minimum Gasteiger partial charge on any atom is -0.477 e. The summed E-state index contributed by atoms with van der Waals surface area (Å²) >= 11 is 0. The van der Waals surface area contributed by atoms with Crippen molar-refractivity contribution in [3.05, 3.63) is 33.9 Å². The number of aromatic carboxylic acids is 1. The number of carboxylic acid groups (broad SMARTS) is 1. The molecule has 8 heteroatoms. The third-order valence-electron chi connectivity index (χ3n) is 2.88. The number of amides is 1. The number of carbonyl (C=O) groups is 2. The van der Waals surface area contributed by atoms with Crippen LogP contribution < -0.4 is 10.6 Å². The van der Waals surface area contributed by atoms with Crippen LogP contribution in [0, 0.1) is 10.1 Å². The Morgan fingerprint density at radius 3 is 2.68 bits per heavy atom. The summed E-state index contributed by atoms with van der Waals surface area (Å²) < 4.78 is 0. The van der Waals surface area contributed by atoms with E-state index in [1.165, 1.54) is 17.0 Å². The van der Waals surface area contributed by atoms with Crippen molar-refractivity contribution in [3.8, 4) is 0 Å². The number of nitro benzene ring substituents is 1. The van der Waals surface area contributed by atoms with E-state index in [2.05, 4.69) is 0 Å². The number of anilines is 1. The lowest BCUT2D eigenvalue weighted by molar-refractivity contribution is -0.385. The number of rotatable bonds is 3. The maximum atomic E-state index is 11.7. The number of nitrogens with two attached hydrogens (primary N) is 1. The van der Waals surface area contributed by atoms with Crippen LogP contribution in [0.2, 0.25) is 0 Å². The molecule has 19 heavy (non-hydrogen) atoms. The molecule has 0 aliphatic carbocycles. The van der Waals surface area contributed by atoms with Crippen LogP contribution >= 0.6 is 0 Å². The first-order valence-electron chi connectivity index (χ1n) is 5.48. The van der Waals surface area contributed by atoms with Gasteiger partial charge in [-0.1, -0.05) is 6.07 Å². The fourth-order valence-corrected chi connectivity index (χ4v) is 2.09. The van der Waals surface area contributed by atoms with E-state index < -0.39 is 28.2 Å². The molecule has 3 N–H and O–H groups in total. The zero-order valence-electron chi connectivity index (χ0n) is 9.78. The highest BCUT2D eigenvalue weighted by Gasteiger charge is 2.34. The standard InChI is InChI=1S/C11H11N3O5/c12-6-4-9(15)13(5-6)7-2-1-3-8(14(18)19)10(7)11(16)17/h1-3,6H,4-5,12H2,(H,16,17). The molecule has 2 rings (SSSR count). The Hall–Kier alpha value is -2.48. The van der Waals surface area contributed by atoms with Crippen molar-refractivity contribution in [2.75, 3.05) is 11.4 Å². The van der Waals surface area contributed by atoms with Crippen LogP contribution in [0.5, 0.6) is 0 Å². The first kappa shape index (κ1) is 13.0. The molecular formula is C11H11N3O5. The van der Waals surface area contributed by atoms with Crippen LogP contribution in [-0.4, -0.2) is 34.5 Å². The monoisotopic (exact) mass is 265 g/mol.